The fraction of sp³-hybridized carbons (Fsp3) is 0.611. The third kappa shape index (κ3) is 3.43. The summed E-state index contributed by atoms with van der Waals surface area (Å²) in [5.74, 6) is 1.01. The summed E-state index contributed by atoms with van der Waals surface area (Å²) in [6.45, 7) is 5.49. The molecule has 3 rings (SSSR count). The van der Waals surface area contributed by atoms with Crippen molar-refractivity contribution in [1.29, 1.82) is 0 Å². The van der Waals surface area contributed by atoms with E-state index in [4.69, 9.17) is 4.74 Å². The van der Waals surface area contributed by atoms with E-state index in [2.05, 4.69) is 41.5 Å². The Balaban J connectivity index is 1.62. The fourth-order valence-electron chi connectivity index (χ4n) is 3.37. The van der Waals surface area contributed by atoms with Crippen LogP contribution in [0, 0.1) is 6.92 Å². The average Bonchev–Trinajstić information content (AvgIpc) is 3.00. The number of fused-ring (bicyclic) bond motifs is 1. The summed E-state index contributed by atoms with van der Waals surface area (Å²) in [5, 5.41) is 12.0. The van der Waals surface area contributed by atoms with Crippen molar-refractivity contribution < 1.29 is 4.74 Å². The molecule has 2 aromatic rings. The molecule has 1 aromatic heterocycles. The van der Waals surface area contributed by atoms with Crippen molar-refractivity contribution in [2.45, 2.75) is 64.5 Å². The molecule has 0 aliphatic heterocycles. The van der Waals surface area contributed by atoms with Crippen molar-refractivity contribution in [1.82, 2.24) is 15.5 Å². The van der Waals surface area contributed by atoms with Crippen LogP contribution in [0.15, 0.2) is 18.3 Å². The Bertz CT molecular complexity index is 607. The lowest BCUT2D eigenvalue weighted by atomic mass is 9.92. The Morgan fingerprint density at radius 2 is 2.27 bits per heavy atom. The first kappa shape index (κ1) is 15.3. The Morgan fingerprint density at radius 1 is 1.36 bits per heavy atom. The van der Waals surface area contributed by atoms with Crippen molar-refractivity contribution in [3.8, 4) is 5.75 Å². The molecular weight excluding hydrogens is 274 g/mol. The molecule has 1 fully saturated rings. The summed E-state index contributed by atoms with van der Waals surface area (Å²) in [7, 11) is 0. The molecule has 2 N–H and O–H groups in total. The van der Waals surface area contributed by atoms with Gasteiger partial charge >= 0.3 is 0 Å². The van der Waals surface area contributed by atoms with Gasteiger partial charge in [-0.3, -0.25) is 5.10 Å². The summed E-state index contributed by atoms with van der Waals surface area (Å²) in [6.07, 6.45) is 9.54. The number of nitrogens with zero attached hydrogens (tertiary/aromatic N) is 1. The molecule has 1 heterocycles. The van der Waals surface area contributed by atoms with Gasteiger partial charge in [-0.05, 0) is 57.7 Å². The van der Waals surface area contributed by atoms with Gasteiger partial charge in [0.1, 0.15) is 11.9 Å². The van der Waals surface area contributed by atoms with Gasteiger partial charge in [-0.25, -0.2) is 0 Å². The van der Waals surface area contributed by atoms with E-state index in [1.165, 1.54) is 31.2 Å². The Labute approximate surface area is 132 Å². The zero-order valence-electron chi connectivity index (χ0n) is 13.7. The second-order valence-electron chi connectivity index (χ2n) is 6.43. The number of rotatable bonds is 6. The first-order valence-electron chi connectivity index (χ1n) is 8.60. The number of unbranched alkanes of at least 4 members (excludes halogenated alkanes) is 1. The quantitative estimate of drug-likeness (QED) is 0.794. The second kappa shape index (κ2) is 7.14. The number of H-pyrrole nitrogens is 1. The zero-order chi connectivity index (χ0) is 15.4. The van der Waals surface area contributed by atoms with Crippen LogP contribution in [0.1, 0.15) is 51.0 Å². The Morgan fingerprint density at radius 3 is 3.14 bits per heavy atom. The minimum absolute atomic E-state index is 0.330. The molecule has 4 nitrogen and oxygen atoms in total. The van der Waals surface area contributed by atoms with Gasteiger partial charge in [0.2, 0.25) is 0 Å². The monoisotopic (exact) mass is 301 g/mol. The van der Waals surface area contributed by atoms with Crippen LogP contribution in [0.25, 0.3) is 10.9 Å². The van der Waals surface area contributed by atoms with Gasteiger partial charge in [0.15, 0.2) is 0 Å². The van der Waals surface area contributed by atoms with E-state index in [0.29, 0.717) is 12.1 Å². The number of aromatic amines is 1. The molecule has 4 heteroatoms. The van der Waals surface area contributed by atoms with Crippen LogP contribution in [0.5, 0.6) is 5.75 Å². The third-order valence-electron chi connectivity index (χ3n) is 4.73. The smallest absolute Gasteiger partial charge is 0.123 e. The highest BCUT2D eigenvalue weighted by Crippen LogP contribution is 2.30. The maximum absolute atomic E-state index is 6.32. The maximum Gasteiger partial charge on any atom is 0.123 e. The van der Waals surface area contributed by atoms with Crippen LogP contribution in [-0.4, -0.2) is 28.9 Å². The van der Waals surface area contributed by atoms with Gasteiger partial charge in [0.05, 0.1) is 11.7 Å². The number of aromatic nitrogens is 2. The fourth-order valence-corrected chi connectivity index (χ4v) is 3.37. The van der Waals surface area contributed by atoms with Crippen LogP contribution >= 0.6 is 0 Å². The SMILES string of the molecule is CCCCN[C@H]1CCC[C@@H](Oc2ccc3[nH]ncc3c2C)C1. The van der Waals surface area contributed by atoms with Gasteiger partial charge in [0.25, 0.3) is 0 Å². The molecule has 1 aliphatic carbocycles. The molecule has 0 bridgehead atoms. The standard InChI is InChI=1S/C18H27N3O/c1-3-4-10-19-14-6-5-7-15(11-14)22-18-9-8-17-16(13(18)2)12-20-21-17/h8-9,12,14-15,19H,3-7,10-11H2,1-2H3,(H,20,21)/t14-,15+/m0/s1. The molecule has 1 aromatic carbocycles. The summed E-state index contributed by atoms with van der Waals surface area (Å²) in [4.78, 5) is 0. The number of aryl methyl sites for hydroxylation is 1. The van der Waals surface area contributed by atoms with E-state index in [-0.39, 0.29) is 0 Å². The van der Waals surface area contributed by atoms with Crippen LogP contribution in [-0.2, 0) is 0 Å². The molecule has 0 saturated heterocycles. The lowest BCUT2D eigenvalue weighted by molar-refractivity contribution is 0.134. The molecule has 0 unspecified atom stereocenters. The van der Waals surface area contributed by atoms with Gasteiger partial charge < -0.3 is 10.1 Å². The molecular formula is C18H27N3O. The largest absolute Gasteiger partial charge is 0.490 e. The number of ether oxygens (including phenoxy) is 1. The number of benzene rings is 1. The van der Waals surface area contributed by atoms with Crippen LogP contribution in [0.4, 0.5) is 0 Å². The van der Waals surface area contributed by atoms with E-state index in [1.54, 1.807) is 0 Å². The predicted octanol–water partition coefficient (Wildman–Crippen LogP) is 3.95. The van der Waals surface area contributed by atoms with Crippen LogP contribution < -0.4 is 10.1 Å². The highest BCUT2D eigenvalue weighted by atomic mass is 16.5. The lowest BCUT2D eigenvalue weighted by Gasteiger charge is -2.30. The van der Waals surface area contributed by atoms with Gasteiger partial charge in [-0.2, -0.15) is 5.10 Å². The molecule has 1 aliphatic rings. The van der Waals surface area contributed by atoms with Gasteiger partial charge in [0, 0.05) is 17.0 Å². The average molecular weight is 301 g/mol. The number of hydrogen-bond acceptors (Lipinski definition) is 3. The van der Waals surface area contributed by atoms with E-state index < -0.39 is 0 Å². The minimum Gasteiger partial charge on any atom is -0.490 e. The summed E-state index contributed by atoms with van der Waals surface area (Å²) in [5.41, 5.74) is 2.26. The van der Waals surface area contributed by atoms with E-state index >= 15 is 0 Å². The second-order valence-corrected chi connectivity index (χ2v) is 6.43. The topological polar surface area (TPSA) is 49.9 Å². The molecule has 0 spiro atoms. The van der Waals surface area contributed by atoms with E-state index in [1.807, 2.05) is 6.20 Å². The van der Waals surface area contributed by atoms with Crippen LogP contribution in [0.2, 0.25) is 0 Å². The third-order valence-corrected chi connectivity index (χ3v) is 4.73. The summed E-state index contributed by atoms with van der Waals surface area (Å²) < 4.78 is 6.32. The maximum atomic E-state index is 6.32. The van der Waals surface area contributed by atoms with Crippen molar-refractivity contribution in [2.24, 2.45) is 0 Å². The van der Waals surface area contributed by atoms with Crippen molar-refractivity contribution in [2.75, 3.05) is 6.54 Å². The minimum atomic E-state index is 0.330. The highest BCUT2D eigenvalue weighted by molar-refractivity contribution is 5.83. The number of hydrogen-bond donors (Lipinski definition) is 2. The van der Waals surface area contributed by atoms with E-state index in [0.717, 1.165) is 36.0 Å². The van der Waals surface area contributed by atoms with Gasteiger partial charge in [-0.15, -0.1) is 0 Å². The summed E-state index contributed by atoms with van der Waals surface area (Å²) in [6, 6.07) is 4.75. The van der Waals surface area contributed by atoms with Crippen LogP contribution in [0.3, 0.4) is 0 Å². The van der Waals surface area contributed by atoms with E-state index in [9.17, 15) is 0 Å². The molecule has 120 valence electrons. The number of nitrogens with one attached hydrogen (secondary N) is 2. The highest BCUT2D eigenvalue weighted by Gasteiger charge is 2.23. The Hall–Kier alpha value is -1.55. The summed E-state index contributed by atoms with van der Waals surface area (Å²) >= 11 is 0. The predicted molar refractivity (Wildman–Crippen MR) is 90.4 cm³/mol. The Kier molecular flexibility index (Phi) is 4.98. The van der Waals surface area contributed by atoms with Crippen molar-refractivity contribution in [3.05, 3.63) is 23.9 Å². The first-order chi connectivity index (χ1) is 10.8. The molecule has 1 saturated carbocycles. The normalized spacial score (nSPS) is 22.1. The lowest BCUT2D eigenvalue weighted by Crippen LogP contribution is -2.38. The molecule has 0 amide bonds. The molecule has 0 radical (unpaired) electrons. The van der Waals surface area contributed by atoms with Crippen molar-refractivity contribution in [3.63, 3.8) is 0 Å². The zero-order valence-corrected chi connectivity index (χ0v) is 13.7. The first-order valence-corrected chi connectivity index (χ1v) is 8.60. The molecule has 22 heavy (non-hydrogen) atoms. The van der Waals surface area contributed by atoms with Crippen molar-refractivity contribution >= 4 is 10.9 Å². The van der Waals surface area contributed by atoms with Gasteiger partial charge in [-0.1, -0.05) is 13.3 Å². The molecule has 2 atom stereocenters.